The predicted molar refractivity (Wildman–Crippen MR) is 194 cm³/mol. The molecule has 8 rings (SSSR count). The fraction of sp³-hybridized carbons (Fsp3) is 0.275. The number of rotatable bonds is 1. The van der Waals surface area contributed by atoms with Crippen molar-refractivity contribution in [3.8, 4) is 0 Å². The van der Waals surface area contributed by atoms with Gasteiger partial charge in [-0.05, 0) is 89.8 Å². The Morgan fingerprint density at radius 1 is 0.667 bits per heavy atom. The lowest BCUT2D eigenvalue weighted by Gasteiger charge is -2.31. The van der Waals surface area contributed by atoms with Crippen molar-refractivity contribution in [3.05, 3.63) is 129 Å². The molecular weight excluding hydrogens is 593 g/mol. The Balaban J connectivity index is 0.000000122. The monoisotopic (exact) mass is 630 g/mol. The molecule has 2 saturated carbocycles. The lowest BCUT2D eigenvalue weighted by molar-refractivity contribution is -0.125. The van der Waals surface area contributed by atoms with Crippen LogP contribution in [0.1, 0.15) is 58.9 Å². The number of fused-ring (bicyclic) bond motifs is 6. The first-order valence-electron chi connectivity index (χ1n) is 15.5. The zero-order chi connectivity index (χ0) is 32.1. The van der Waals surface area contributed by atoms with Gasteiger partial charge in [-0.3, -0.25) is 14.4 Å². The quantitative estimate of drug-likeness (QED) is 0.134. The SMILES string of the molecule is C=C1C(=O)C2(C)CCC1C2(C)C.CC(C)c1ccc2sc3ccccc3c(=O)c2c1.O=c1c2ccccc2sc2ccccc12. The van der Waals surface area contributed by atoms with E-state index in [1.54, 1.807) is 22.7 Å². The van der Waals surface area contributed by atoms with Gasteiger partial charge in [0.2, 0.25) is 0 Å². The molecule has 2 aliphatic carbocycles. The van der Waals surface area contributed by atoms with Crippen LogP contribution < -0.4 is 10.9 Å². The van der Waals surface area contributed by atoms with Gasteiger partial charge in [0.15, 0.2) is 16.6 Å². The molecule has 2 atom stereocenters. The number of allylic oxidation sites excluding steroid dienone is 1. The zero-order valence-corrected chi connectivity index (χ0v) is 28.1. The molecule has 2 unspecified atom stereocenters. The number of ketones is 1. The number of Topliss-reactive ketones (excluding diaryl/α,β-unsaturated/α-hetero) is 1. The highest BCUT2D eigenvalue weighted by Gasteiger charge is 2.63. The van der Waals surface area contributed by atoms with Gasteiger partial charge in [-0.1, -0.05) is 83.7 Å². The van der Waals surface area contributed by atoms with E-state index in [4.69, 9.17) is 0 Å². The van der Waals surface area contributed by atoms with Crippen LogP contribution in [-0.2, 0) is 4.79 Å². The highest BCUT2D eigenvalue weighted by molar-refractivity contribution is 7.24. The van der Waals surface area contributed by atoms with Crippen molar-refractivity contribution in [2.24, 2.45) is 16.7 Å². The first-order chi connectivity index (χ1) is 21.4. The molecule has 2 bridgehead atoms. The average molecular weight is 631 g/mol. The fourth-order valence-corrected chi connectivity index (χ4v) is 9.08. The Morgan fingerprint density at radius 3 is 1.51 bits per heavy atom. The second kappa shape index (κ2) is 11.8. The van der Waals surface area contributed by atoms with E-state index in [0.717, 1.165) is 58.8 Å². The van der Waals surface area contributed by atoms with Gasteiger partial charge < -0.3 is 0 Å². The Hall–Kier alpha value is -3.93. The fourth-order valence-electron chi connectivity index (χ4n) is 6.96. The maximum atomic E-state index is 12.5. The maximum Gasteiger partial charge on any atom is 0.195 e. The van der Waals surface area contributed by atoms with E-state index in [0.29, 0.717) is 17.6 Å². The van der Waals surface area contributed by atoms with Crippen LogP contribution in [0.15, 0.2) is 113 Å². The third kappa shape index (κ3) is 5.26. The van der Waals surface area contributed by atoms with E-state index in [-0.39, 0.29) is 21.7 Å². The van der Waals surface area contributed by atoms with Gasteiger partial charge >= 0.3 is 0 Å². The van der Waals surface area contributed by atoms with Crippen LogP contribution in [0.4, 0.5) is 0 Å². The van der Waals surface area contributed by atoms with Crippen molar-refractivity contribution in [2.45, 2.75) is 53.4 Å². The van der Waals surface area contributed by atoms with E-state index in [1.807, 2.05) is 78.9 Å². The maximum absolute atomic E-state index is 12.5. The molecule has 0 amide bonds. The van der Waals surface area contributed by atoms with Crippen molar-refractivity contribution < 1.29 is 4.79 Å². The molecule has 2 fully saturated rings. The Bertz CT molecular complexity index is 2180. The standard InChI is InChI=1S/C16H14OS.C13H8OS.C11H16O/c1-10(2)11-7-8-15-13(9-11)16(17)12-5-3-4-6-14(12)18-15;14-13-9-5-1-3-7-11(9)15-12-8-4-2-6-10(12)13;1-7-8-5-6-11(4,9(7)12)10(8,2)3/h3-10H,1-2H3;1-8H;8H,1,5-6H2,2-4H3. The lowest BCUT2D eigenvalue weighted by atomic mass is 9.70. The van der Waals surface area contributed by atoms with Crippen LogP contribution in [0, 0.1) is 16.7 Å². The molecular formula is C40H38O3S2. The van der Waals surface area contributed by atoms with Crippen molar-refractivity contribution in [3.63, 3.8) is 0 Å². The molecule has 0 spiro atoms. The van der Waals surface area contributed by atoms with E-state index in [1.165, 1.54) is 5.56 Å². The summed E-state index contributed by atoms with van der Waals surface area (Å²) in [5, 5.41) is 3.32. The summed E-state index contributed by atoms with van der Waals surface area (Å²) in [7, 11) is 0. The van der Waals surface area contributed by atoms with Crippen LogP contribution in [0.2, 0.25) is 0 Å². The van der Waals surface area contributed by atoms with Gasteiger partial charge in [0.1, 0.15) is 0 Å². The summed E-state index contributed by atoms with van der Waals surface area (Å²) in [4.78, 5) is 36.4. The molecule has 0 aliphatic heterocycles. The second-order valence-corrected chi connectivity index (χ2v) is 15.4. The zero-order valence-electron chi connectivity index (χ0n) is 26.5. The summed E-state index contributed by atoms with van der Waals surface area (Å²) < 4.78 is 4.25. The van der Waals surface area contributed by atoms with Crippen LogP contribution in [-0.4, -0.2) is 5.78 Å². The topological polar surface area (TPSA) is 51.2 Å². The van der Waals surface area contributed by atoms with Crippen LogP contribution in [0.3, 0.4) is 0 Å². The molecule has 6 aromatic rings. The van der Waals surface area contributed by atoms with E-state index in [9.17, 15) is 14.4 Å². The van der Waals surface area contributed by atoms with Crippen molar-refractivity contribution >= 4 is 68.8 Å². The molecule has 228 valence electrons. The molecule has 4 aromatic carbocycles. The normalized spacial score (nSPS) is 20.0. The van der Waals surface area contributed by atoms with Crippen molar-refractivity contribution in [2.75, 3.05) is 0 Å². The Labute approximate surface area is 271 Å². The molecule has 0 saturated heterocycles. The minimum Gasteiger partial charge on any atom is -0.294 e. The summed E-state index contributed by atoms with van der Waals surface area (Å²) in [5.41, 5.74) is 2.45. The van der Waals surface area contributed by atoms with Crippen LogP contribution in [0.5, 0.6) is 0 Å². The molecule has 0 radical (unpaired) electrons. The summed E-state index contributed by atoms with van der Waals surface area (Å²) >= 11 is 3.35. The minimum absolute atomic E-state index is 0.102. The number of hydrogen-bond acceptors (Lipinski definition) is 5. The molecule has 2 aromatic heterocycles. The van der Waals surface area contributed by atoms with E-state index in [2.05, 4.69) is 53.3 Å². The number of benzene rings is 4. The smallest absolute Gasteiger partial charge is 0.195 e. The number of hydrogen-bond donors (Lipinski definition) is 0. The first-order valence-corrected chi connectivity index (χ1v) is 17.2. The molecule has 0 N–H and O–H groups in total. The van der Waals surface area contributed by atoms with Crippen molar-refractivity contribution in [1.29, 1.82) is 0 Å². The van der Waals surface area contributed by atoms with Gasteiger partial charge in [0.05, 0.1) is 0 Å². The Kier molecular flexibility index (Phi) is 8.13. The van der Waals surface area contributed by atoms with Crippen molar-refractivity contribution in [1.82, 2.24) is 0 Å². The van der Waals surface area contributed by atoms with Crippen LogP contribution in [0.25, 0.3) is 40.3 Å². The molecule has 2 heterocycles. The lowest BCUT2D eigenvalue weighted by Crippen LogP contribution is -2.32. The van der Waals surface area contributed by atoms with Gasteiger partial charge in [-0.2, -0.15) is 0 Å². The highest BCUT2D eigenvalue weighted by atomic mass is 32.1. The predicted octanol–water partition coefficient (Wildman–Crippen LogP) is 10.5. The summed E-state index contributed by atoms with van der Waals surface area (Å²) in [5.74, 6) is 1.23. The van der Waals surface area contributed by atoms with Crippen LogP contribution >= 0.6 is 22.7 Å². The molecule has 2 aliphatic rings. The third-order valence-electron chi connectivity index (χ3n) is 10.2. The van der Waals surface area contributed by atoms with Gasteiger partial charge in [-0.25, -0.2) is 0 Å². The summed E-state index contributed by atoms with van der Waals surface area (Å²) in [6.45, 7) is 14.7. The minimum atomic E-state index is -0.102. The third-order valence-corrected chi connectivity index (χ3v) is 12.5. The number of carbonyl (C=O) groups excluding carboxylic acids is 1. The second-order valence-electron chi connectivity index (χ2n) is 13.3. The van der Waals surface area contributed by atoms with Gasteiger partial charge in [0, 0.05) is 45.8 Å². The largest absolute Gasteiger partial charge is 0.294 e. The summed E-state index contributed by atoms with van der Waals surface area (Å²) in [6, 6.07) is 29.6. The van der Waals surface area contributed by atoms with E-state index >= 15 is 0 Å². The molecule has 45 heavy (non-hydrogen) atoms. The molecule has 3 nitrogen and oxygen atoms in total. The Morgan fingerprint density at radius 2 is 1.11 bits per heavy atom. The highest BCUT2D eigenvalue weighted by Crippen LogP contribution is 2.65. The first kappa shape index (κ1) is 31.1. The van der Waals surface area contributed by atoms with E-state index < -0.39 is 0 Å². The van der Waals surface area contributed by atoms with Gasteiger partial charge in [0.25, 0.3) is 0 Å². The van der Waals surface area contributed by atoms with Gasteiger partial charge in [-0.15, -0.1) is 22.7 Å². The summed E-state index contributed by atoms with van der Waals surface area (Å²) in [6.07, 6.45) is 2.22. The number of carbonyl (C=O) groups is 1. The average Bonchev–Trinajstić information content (AvgIpc) is 3.35. The molecule has 5 heteroatoms.